The normalized spacial score (nSPS) is 20.6. The lowest BCUT2D eigenvalue weighted by molar-refractivity contribution is 0.380. The van der Waals surface area contributed by atoms with Crippen LogP contribution in [0.2, 0.25) is 0 Å². The highest BCUT2D eigenvalue weighted by Crippen LogP contribution is 2.18. The Kier molecular flexibility index (Phi) is 8.34. The first-order chi connectivity index (χ1) is 7.86. The van der Waals surface area contributed by atoms with Crippen LogP contribution in [-0.4, -0.2) is 30.6 Å². The molecule has 3 N–H and O–H groups in total. The molecule has 1 saturated carbocycles. The van der Waals surface area contributed by atoms with Gasteiger partial charge in [0.15, 0.2) is 0 Å². The maximum atomic E-state index is 5.84. The second-order valence-electron chi connectivity index (χ2n) is 4.92. The topological polar surface area (TPSA) is 38.0 Å². The zero-order chi connectivity index (χ0) is 11.6. The summed E-state index contributed by atoms with van der Waals surface area (Å²) in [6, 6.07) is 1.29. The molecule has 1 aliphatic rings. The monoisotopic (exact) mass is 244 g/mol. The molecular weight excluding hydrogens is 216 g/mol. The van der Waals surface area contributed by atoms with Crippen LogP contribution < -0.4 is 11.1 Å². The summed E-state index contributed by atoms with van der Waals surface area (Å²) in [7, 11) is 0. The van der Waals surface area contributed by atoms with E-state index in [1.54, 1.807) is 0 Å². The average molecular weight is 244 g/mol. The van der Waals surface area contributed by atoms with Gasteiger partial charge in [0, 0.05) is 18.6 Å². The molecule has 0 aromatic carbocycles. The molecule has 0 spiro atoms. The predicted octanol–water partition coefficient (Wildman–Crippen LogP) is 2.77. The minimum Gasteiger partial charge on any atom is -0.329 e. The van der Waals surface area contributed by atoms with Gasteiger partial charge in [0.25, 0.3) is 0 Å². The molecule has 1 rings (SSSR count). The van der Waals surface area contributed by atoms with Gasteiger partial charge in [0.05, 0.1) is 0 Å². The third kappa shape index (κ3) is 6.12. The molecule has 0 aromatic rings. The van der Waals surface area contributed by atoms with E-state index in [1.165, 1.54) is 57.1 Å². The highest BCUT2D eigenvalue weighted by molar-refractivity contribution is 7.98. The summed E-state index contributed by atoms with van der Waals surface area (Å²) in [6.45, 7) is 0.797. The summed E-state index contributed by atoms with van der Waals surface area (Å²) in [5.74, 6) is 1.27. The van der Waals surface area contributed by atoms with Crippen molar-refractivity contribution < 1.29 is 0 Å². The second-order valence-corrected chi connectivity index (χ2v) is 5.91. The summed E-state index contributed by atoms with van der Waals surface area (Å²) in [6.07, 6.45) is 13.1. The molecule has 1 unspecified atom stereocenters. The van der Waals surface area contributed by atoms with Crippen molar-refractivity contribution in [3.05, 3.63) is 0 Å². The molecule has 16 heavy (non-hydrogen) atoms. The first kappa shape index (κ1) is 14.3. The lowest BCUT2D eigenvalue weighted by Gasteiger charge is -2.24. The van der Waals surface area contributed by atoms with E-state index in [0.717, 1.165) is 12.6 Å². The first-order valence-corrected chi connectivity index (χ1v) is 8.21. The Morgan fingerprint density at radius 3 is 2.50 bits per heavy atom. The molecule has 0 aromatic heterocycles. The molecule has 2 nitrogen and oxygen atoms in total. The lowest BCUT2D eigenvalue weighted by Crippen LogP contribution is -2.42. The second kappa shape index (κ2) is 9.32. The Labute approximate surface area is 105 Å². The highest BCUT2D eigenvalue weighted by atomic mass is 32.2. The van der Waals surface area contributed by atoms with E-state index in [-0.39, 0.29) is 0 Å². The van der Waals surface area contributed by atoms with Gasteiger partial charge in [-0.05, 0) is 37.7 Å². The number of nitrogens with one attached hydrogen (secondary N) is 1. The number of rotatable bonds is 7. The van der Waals surface area contributed by atoms with E-state index in [2.05, 4.69) is 11.6 Å². The van der Waals surface area contributed by atoms with Gasteiger partial charge in [-0.15, -0.1) is 0 Å². The molecule has 0 amide bonds. The van der Waals surface area contributed by atoms with E-state index < -0.39 is 0 Å². The fraction of sp³-hybridized carbons (Fsp3) is 1.00. The van der Waals surface area contributed by atoms with E-state index in [1.807, 2.05) is 11.8 Å². The van der Waals surface area contributed by atoms with Crippen LogP contribution >= 0.6 is 11.8 Å². The van der Waals surface area contributed by atoms with Crippen molar-refractivity contribution in [2.24, 2.45) is 5.73 Å². The molecule has 0 aliphatic heterocycles. The van der Waals surface area contributed by atoms with Gasteiger partial charge in [-0.3, -0.25) is 0 Å². The fourth-order valence-electron chi connectivity index (χ4n) is 2.52. The van der Waals surface area contributed by atoms with Gasteiger partial charge in [-0.1, -0.05) is 25.7 Å². The van der Waals surface area contributed by atoms with Gasteiger partial charge in [0.1, 0.15) is 0 Å². The van der Waals surface area contributed by atoms with Crippen LogP contribution in [0.25, 0.3) is 0 Å². The molecule has 1 aliphatic carbocycles. The molecule has 1 fully saturated rings. The summed E-state index contributed by atoms with van der Waals surface area (Å²) in [5.41, 5.74) is 5.84. The predicted molar refractivity (Wildman–Crippen MR) is 75.1 cm³/mol. The van der Waals surface area contributed by atoms with Crippen molar-refractivity contribution in [3.8, 4) is 0 Å². The van der Waals surface area contributed by atoms with Gasteiger partial charge in [0.2, 0.25) is 0 Å². The smallest absolute Gasteiger partial charge is 0.0193 e. The zero-order valence-electron chi connectivity index (χ0n) is 10.7. The minimum atomic E-state index is 0.551. The number of thioether (sulfide) groups is 1. The van der Waals surface area contributed by atoms with Crippen LogP contribution in [0.15, 0.2) is 0 Å². The largest absolute Gasteiger partial charge is 0.329 e. The van der Waals surface area contributed by atoms with Crippen molar-refractivity contribution in [1.29, 1.82) is 0 Å². The lowest BCUT2D eigenvalue weighted by atomic mass is 10.1. The van der Waals surface area contributed by atoms with Crippen LogP contribution in [0.3, 0.4) is 0 Å². The third-order valence-electron chi connectivity index (χ3n) is 3.51. The molecule has 1 atom stereocenters. The van der Waals surface area contributed by atoms with E-state index in [9.17, 15) is 0 Å². The molecule has 0 heterocycles. The molecule has 0 saturated heterocycles. The Hall–Kier alpha value is 0.270. The van der Waals surface area contributed by atoms with Crippen LogP contribution in [0.5, 0.6) is 0 Å². The Morgan fingerprint density at radius 2 is 1.94 bits per heavy atom. The van der Waals surface area contributed by atoms with E-state index in [0.29, 0.717) is 6.04 Å². The van der Waals surface area contributed by atoms with Crippen molar-refractivity contribution in [1.82, 2.24) is 5.32 Å². The first-order valence-electron chi connectivity index (χ1n) is 6.82. The summed E-state index contributed by atoms with van der Waals surface area (Å²) >= 11 is 1.93. The molecule has 3 heteroatoms. The van der Waals surface area contributed by atoms with Gasteiger partial charge >= 0.3 is 0 Å². The summed E-state index contributed by atoms with van der Waals surface area (Å²) in [4.78, 5) is 0. The number of nitrogens with two attached hydrogens (primary N) is 1. The Balaban J connectivity index is 2.19. The SMILES string of the molecule is CSCCCC(CN)NC1CCCCCC1. The van der Waals surface area contributed by atoms with Gasteiger partial charge in [-0.25, -0.2) is 0 Å². The van der Waals surface area contributed by atoms with E-state index in [4.69, 9.17) is 5.73 Å². The quantitative estimate of drug-likeness (QED) is 0.534. The highest BCUT2D eigenvalue weighted by Gasteiger charge is 2.15. The standard InChI is InChI=1S/C13H28N2S/c1-16-10-6-9-13(11-14)15-12-7-4-2-3-5-8-12/h12-13,15H,2-11,14H2,1H3. The molecule has 0 bridgehead atoms. The average Bonchev–Trinajstić information content (AvgIpc) is 2.56. The van der Waals surface area contributed by atoms with Crippen LogP contribution in [0.4, 0.5) is 0 Å². The van der Waals surface area contributed by atoms with Gasteiger partial charge in [-0.2, -0.15) is 11.8 Å². The van der Waals surface area contributed by atoms with Crippen LogP contribution in [-0.2, 0) is 0 Å². The minimum absolute atomic E-state index is 0.551. The maximum Gasteiger partial charge on any atom is 0.0193 e. The van der Waals surface area contributed by atoms with E-state index >= 15 is 0 Å². The maximum absolute atomic E-state index is 5.84. The summed E-state index contributed by atoms with van der Waals surface area (Å²) in [5, 5.41) is 3.77. The third-order valence-corrected chi connectivity index (χ3v) is 4.21. The summed E-state index contributed by atoms with van der Waals surface area (Å²) < 4.78 is 0. The van der Waals surface area contributed by atoms with Crippen molar-refractivity contribution in [2.75, 3.05) is 18.6 Å². The molecule has 96 valence electrons. The van der Waals surface area contributed by atoms with Crippen LogP contribution in [0, 0.1) is 0 Å². The Bertz CT molecular complexity index is 156. The van der Waals surface area contributed by atoms with Crippen LogP contribution in [0.1, 0.15) is 51.4 Å². The fourth-order valence-corrected chi connectivity index (χ4v) is 2.98. The molecular formula is C13H28N2S. The number of hydrogen-bond acceptors (Lipinski definition) is 3. The number of hydrogen-bond donors (Lipinski definition) is 2. The zero-order valence-corrected chi connectivity index (χ0v) is 11.5. The van der Waals surface area contributed by atoms with Crippen molar-refractivity contribution >= 4 is 11.8 Å². The van der Waals surface area contributed by atoms with Crippen molar-refractivity contribution in [2.45, 2.75) is 63.5 Å². The Morgan fingerprint density at radius 1 is 1.25 bits per heavy atom. The van der Waals surface area contributed by atoms with Gasteiger partial charge < -0.3 is 11.1 Å². The molecule has 0 radical (unpaired) electrons. The van der Waals surface area contributed by atoms with Crippen molar-refractivity contribution in [3.63, 3.8) is 0 Å².